The van der Waals surface area contributed by atoms with Crippen LogP contribution in [0.3, 0.4) is 0 Å². The summed E-state index contributed by atoms with van der Waals surface area (Å²) in [7, 11) is 2.10. The van der Waals surface area contributed by atoms with Gasteiger partial charge in [0.1, 0.15) is 17.2 Å². The maximum atomic E-state index is 13.3. The van der Waals surface area contributed by atoms with Crippen molar-refractivity contribution in [1.29, 1.82) is 0 Å². The van der Waals surface area contributed by atoms with Crippen LogP contribution in [0.2, 0.25) is 0 Å². The molecule has 0 amide bonds. The molecule has 0 aliphatic carbocycles. The van der Waals surface area contributed by atoms with E-state index in [4.69, 9.17) is 14.2 Å². The van der Waals surface area contributed by atoms with Crippen molar-refractivity contribution in [3.63, 3.8) is 0 Å². The topological polar surface area (TPSA) is 71.5 Å². The number of nitrogens with zero attached hydrogens (tertiary/aromatic N) is 2. The third-order valence-corrected chi connectivity index (χ3v) is 6.65. The van der Waals surface area contributed by atoms with Crippen LogP contribution < -0.4 is 9.47 Å². The number of rotatable bonds is 3. The highest BCUT2D eigenvalue weighted by molar-refractivity contribution is 9.10. The number of likely N-dealkylation sites (N-methyl/N-ethyl adjacent to an activating group) is 1. The minimum atomic E-state index is -0.182. The summed E-state index contributed by atoms with van der Waals surface area (Å²) in [4.78, 5) is 17.9. The molecular formula is C24H25BrN2O5. The average Bonchev–Trinajstić information content (AvgIpc) is 3.08. The molecular weight excluding hydrogens is 476 g/mol. The lowest BCUT2D eigenvalue weighted by molar-refractivity contribution is -0.0165. The smallest absolute Gasteiger partial charge is 0.232 e. The van der Waals surface area contributed by atoms with Crippen LogP contribution in [0.5, 0.6) is 17.2 Å². The molecule has 1 saturated heterocycles. The molecule has 0 radical (unpaired) electrons. The Balaban J connectivity index is 1.51. The van der Waals surface area contributed by atoms with Gasteiger partial charge in [0.15, 0.2) is 12.6 Å². The number of fused-ring (bicyclic) bond motifs is 2. The van der Waals surface area contributed by atoms with Gasteiger partial charge in [-0.25, -0.2) is 0 Å². The lowest BCUT2D eigenvalue weighted by Gasteiger charge is -2.32. The van der Waals surface area contributed by atoms with Gasteiger partial charge in [-0.1, -0.05) is 15.9 Å². The number of phenolic OH excluding ortho intramolecular Hbond substituents is 1. The van der Waals surface area contributed by atoms with Gasteiger partial charge >= 0.3 is 0 Å². The van der Waals surface area contributed by atoms with Crippen LogP contribution in [0, 0.1) is 6.92 Å². The molecule has 0 unspecified atom stereocenters. The summed E-state index contributed by atoms with van der Waals surface area (Å²) in [6, 6.07) is 5.50. The van der Waals surface area contributed by atoms with Gasteiger partial charge in [0.25, 0.3) is 0 Å². The van der Waals surface area contributed by atoms with Crippen LogP contribution in [0.4, 0.5) is 0 Å². The summed E-state index contributed by atoms with van der Waals surface area (Å²) in [6.45, 7) is 6.72. The number of allylic oxidation sites excluding steroid dienone is 1. The number of benzene rings is 2. The third kappa shape index (κ3) is 3.92. The Morgan fingerprint density at radius 1 is 1.16 bits per heavy atom. The molecule has 2 aromatic carbocycles. The molecule has 3 aliphatic heterocycles. The van der Waals surface area contributed by atoms with Crippen molar-refractivity contribution >= 4 is 27.8 Å². The summed E-state index contributed by atoms with van der Waals surface area (Å²) < 4.78 is 18.1. The standard InChI is InChI=1S/C24H25BrN2O5/c1-14-7-19(28)18(11-27-5-3-26(2)4-6-27)24-21(14)22(29)20(32-24)10-15-8-17(25)9-16-12-30-13-31-23(15)16/h7-10,28H,3-6,11-13H2,1-2H3/b20-10-. The number of aromatic hydroxyl groups is 1. The van der Waals surface area contributed by atoms with Gasteiger partial charge in [0, 0.05) is 48.3 Å². The van der Waals surface area contributed by atoms with E-state index in [0.717, 1.165) is 41.8 Å². The first-order valence-electron chi connectivity index (χ1n) is 10.6. The van der Waals surface area contributed by atoms with Crippen molar-refractivity contribution in [1.82, 2.24) is 9.80 Å². The first-order chi connectivity index (χ1) is 15.4. The van der Waals surface area contributed by atoms with Crippen LogP contribution in [0.1, 0.15) is 32.6 Å². The lowest BCUT2D eigenvalue weighted by Crippen LogP contribution is -2.43. The Morgan fingerprint density at radius 2 is 1.94 bits per heavy atom. The van der Waals surface area contributed by atoms with Crippen LogP contribution in [-0.4, -0.2) is 60.7 Å². The first-order valence-corrected chi connectivity index (χ1v) is 11.4. The number of halogens is 1. The maximum Gasteiger partial charge on any atom is 0.232 e. The summed E-state index contributed by atoms with van der Waals surface area (Å²) in [6.07, 6.45) is 1.72. The van der Waals surface area contributed by atoms with E-state index in [2.05, 4.69) is 32.8 Å². The number of Topliss-reactive ketones (excluding diaryl/α,β-unsaturated/α-hetero) is 1. The van der Waals surface area contributed by atoms with Gasteiger partial charge in [-0.2, -0.15) is 0 Å². The number of ether oxygens (including phenoxy) is 3. The number of piperazine rings is 1. The summed E-state index contributed by atoms with van der Waals surface area (Å²) in [5.41, 5.74) is 3.54. The van der Waals surface area contributed by atoms with Crippen LogP contribution in [0.25, 0.3) is 6.08 Å². The minimum Gasteiger partial charge on any atom is -0.507 e. The molecule has 32 heavy (non-hydrogen) atoms. The second-order valence-corrected chi connectivity index (χ2v) is 9.42. The fourth-order valence-corrected chi connectivity index (χ4v) is 4.94. The van der Waals surface area contributed by atoms with Crippen molar-refractivity contribution < 1.29 is 24.1 Å². The number of hydrogen-bond acceptors (Lipinski definition) is 7. The van der Waals surface area contributed by atoms with Gasteiger partial charge in [0.05, 0.1) is 17.7 Å². The molecule has 0 spiro atoms. The van der Waals surface area contributed by atoms with E-state index < -0.39 is 0 Å². The van der Waals surface area contributed by atoms with Crippen molar-refractivity contribution in [2.45, 2.75) is 20.1 Å². The van der Waals surface area contributed by atoms with E-state index in [1.165, 1.54) is 0 Å². The van der Waals surface area contributed by atoms with E-state index >= 15 is 0 Å². The van der Waals surface area contributed by atoms with E-state index in [0.29, 0.717) is 41.3 Å². The van der Waals surface area contributed by atoms with Crippen molar-refractivity contribution in [3.05, 3.63) is 56.2 Å². The fraction of sp³-hybridized carbons (Fsp3) is 0.375. The quantitative estimate of drug-likeness (QED) is 0.644. The molecule has 5 rings (SSSR count). The Labute approximate surface area is 195 Å². The van der Waals surface area contributed by atoms with E-state index in [1.807, 2.05) is 19.1 Å². The minimum absolute atomic E-state index is 0.162. The van der Waals surface area contributed by atoms with E-state index in [9.17, 15) is 9.90 Å². The Hall–Kier alpha value is -2.39. The number of hydrogen-bond donors (Lipinski definition) is 1. The highest BCUT2D eigenvalue weighted by atomic mass is 79.9. The average molecular weight is 501 g/mol. The van der Waals surface area contributed by atoms with Crippen molar-refractivity contribution in [2.24, 2.45) is 0 Å². The third-order valence-electron chi connectivity index (χ3n) is 6.19. The van der Waals surface area contributed by atoms with E-state index in [-0.39, 0.29) is 24.1 Å². The molecule has 7 nitrogen and oxygen atoms in total. The zero-order chi connectivity index (χ0) is 22.4. The first kappa shape index (κ1) is 21.5. The predicted molar refractivity (Wildman–Crippen MR) is 123 cm³/mol. The zero-order valence-electron chi connectivity index (χ0n) is 18.1. The summed E-state index contributed by atoms with van der Waals surface area (Å²) in [5, 5.41) is 10.7. The molecule has 0 atom stereocenters. The molecule has 0 saturated carbocycles. The molecule has 1 N–H and O–H groups in total. The van der Waals surface area contributed by atoms with Gasteiger partial charge < -0.3 is 24.2 Å². The molecule has 1 fully saturated rings. The lowest BCUT2D eigenvalue weighted by atomic mass is 9.98. The normalized spacial score (nSPS) is 20.1. The highest BCUT2D eigenvalue weighted by Crippen LogP contribution is 2.43. The summed E-state index contributed by atoms with van der Waals surface area (Å²) in [5.74, 6) is 1.36. The van der Waals surface area contributed by atoms with Gasteiger partial charge in [-0.05, 0) is 43.8 Å². The van der Waals surface area contributed by atoms with Crippen LogP contribution in [0.15, 0.2) is 28.4 Å². The number of carbonyl (C=O) groups is 1. The number of ketones is 1. The van der Waals surface area contributed by atoms with E-state index in [1.54, 1.807) is 12.1 Å². The van der Waals surface area contributed by atoms with Gasteiger partial charge in [0.2, 0.25) is 5.78 Å². The predicted octanol–water partition coefficient (Wildman–Crippen LogP) is 3.69. The SMILES string of the molecule is Cc1cc(O)c(CN2CCN(C)CC2)c2c1C(=O)/C(=C/c1cc(Br)cc3c1OCOC3)O2. The Kier molecular flexibility index (Phi) is 5.71. The Bertz CT molecular complexity index is 1120. The van der Waals surface area contributed by atoms with Crippen molar-refractivity contribution in [2.75, 3.05) is 40.0 Å². The highest BCUT2D eigenvalue weighted by Gasteiger charge is 2.34. The summed E-state index contributed by atoms with van der Waals surface area (Å²) >= 11 is 3.52. The van der Waals surface area contributed by atoms with Gasteiger partial charge in [-0.15, -0.1) is 0 Å². The largest absolute Gasteiger partial charge is 0.507 e. The molecule has 168 valence electrons. The molecule has 2 aromatic rings. The molecule has 8 heteroatoms. The second-order valence-electron chi connectivity index (χ2n) is 8.51. The monoisotopic (exact) mass is 500 g/mol. The maximum absolute atomic E-state index is 13.3. The van der Waals surface area contributed by atoms with Crippen molar-refractivity contribution in [3.8, 4) is 17.2 Å². The number of phenols is 1. The fourth-order valence-electron chi connectivity index (χ4n) is 4.42. The number of aryl methyl sites for hydroxylation is 1. The Morgan fingerprint density at radius 3 is 2.72 bits per heavy atom. The van der Waals surface area contributed by atoms with Gasteiger partial charge in [-0.3, -0.25) is 9.69 Å². The number of carbonyl (C=O) groups excluding carboxylic acids is 1. The molecule has 3 heterocycles. The zero-order valence-corrected chi connectivity index (χ0v) is 19.7. The molecule has 3 aliphatic rings. The second kappa shape index (κ2) is 8.51. The molecule has 0 aromatic heterocycles. The van der Waals surface area contributed by atoms with Crippen LogP contribution >= 0.6 is 15.9 Å². The van der Waals surface area contributed by atoms with Crippen LogP contribution in [-0.2, 0) is 17.9 Å². The molecule has 0 bridgehead atoms.